The van der Waals surface area contributed by atoms with Gasteiger partial charge in [0.2, 0.25) is 47.3 Å². The van der Waals surface area contributed by atoms with Crippen molar-refractivity contribution in [1.82, 2.24) is 58.5 Å². The minimum absolute atomic E-state index is 0.000496. The summed E-state index contributed by atoms with van der Waals surface area (Å²) in [4.78, 5) is 154. The van der Waals surface area contributed by atoms with Crippen LogP contribution in [0.4, 0.5) is 0 Å². The zero-order chi connectivity index (χ0) is 97.2. The van der Waals surface area contributed by atoms with Crippen molar-refractivity contribution < 1.29 is 57.5 Å². The molecule has 23 nitrogen and oxygen atoms in total. The molecule has 11 N–H and O–H groups in total. The van der Waals surface area contributed by atoms with E-state index in [1.165, 1.54) is 6.42 Å². The second-order valence-electron chi connectivity index (χ2n) is 41.5. The van der Waals surface area contributed by atoms with Crippen LogP contribution in [0.2, 0.25) is 0 Å². The highest BCUT2D eigenvalue weighted by atomic mass is 16.2. The van der Waals surface area contributed by atoms with Gasteiger partial charge in [-0.2, -0.15) is 0 Å². The molecule has 0 saturated carbocycles. The number of carbonyl (C=O) groups is 12. The van der Waals surface area contributed by atoms with Crippen LogP contribution in [-0.2, 0) is 57.5 Å². The van der Waals surface area contributed by atoms with Crippen LogP contribution in [0, 0.1) is 59.2 Å². The zero-order valence-corrected chi connectivity index (χ0v) is 86.9. The van der Waals surface area contributed by atoms with E-state index in [2.05, 4.69) is 183 Å². The number of rotatable bonds is 81. The Morgan fingerprint density at radius 3 is 0.680 bits per heavy atom. The largest absolute Gasteiger partial charge is 0.356 e. The van der Waals surface area contributed by atoms with E-state index < -0.39 is 23.9 Å². The number of ketones is 4. The fourth-order valence-electron chi connectivity index (χ4n) is 15.4. The first-order valence-electron chi connectivity index (χ1n) is 52.1. The van der Waals surface area contributed by atoms with Gasteiger partial charge in [-0.1, -0.05) is 235 Å². The van der Waals surface area contributed by atoms with Crippen molar-refractivity contribution in [2.24, 2.45) is 59.2 Å². The molecular weight excluding hydrogens is 1610 g/mol. The topological polar surface area (TPSA) is 337 Å². The monoisotopic (exact) mass is 1810 g/mol. The molecule has 0 aliphatic carbocycles. The first kappa shape index (κ1) is 126. The fraction of sp³-hybridized carbons (Fsp3) is 0.886. The van der Waals surface area contributed by atoms with Gasteiger partial charge >= 0.3 is 0 Å². The molecule has 6 unspecified atom stereocenters. The Balaban J connectivity index is -0.00000185. The van der Waals surface area contributed by atoms with Gasteiger partial charge in [-0.25, -0.2) is 0 Å². The number of hydrogen-bond acceptors (Lipinski definition) is 15. The summed E-state index contributed by atoms with van der Waals surface area (Å²) in [7, 11) is 0. The van der Waals surface area contributed by atoms with E-state index in [0.29, 0.717) is 170 Å². The summed E-state index contributed by atoms with van der Waals surface area (Å²) >= 11 is 0. The average Bonchev–Trinajstić information content (AvgIpc) is 0.891. The highest BCUT2D eigenvalue weighted by Crippen LogP contribution is 2.24. The van der Waals surface area contributed by atoms with Crippen LogP contribution < -0.4 is 58.5 Å². The maximum absolute atomic E-state index is 13.7. The normalized spacial score (nSPS) is 13.1. The molecule has 750 valence electrons. The predicted molar refractivity (Wildman–Crippen MR) is 533 cm³/mol. The molecule has 0 aromatic rings. The summed E-state index contributed by atoms with van der Waals surface area (Å²) < 4.78 is 0. The summed E-state index contributed by atoms with van der Waals surface area (Å²) in [5, 5.41) is 34.2. The van der Waals surface area contributed by atoms with Crippen molar-refractivity contribution in [2.45, 2.75) is 503 Å². The lowest BCUT2D eigenvalue weighted by Gasteiger charge is -2.24. The lowest BCUT2D eigenvalue weighted by atomic mass is 9.85. The Kier molecular flexibility index (Phi) is 81.0. The Bertz CT molecular complexity index is 2880. The van der Waals surface area contributed by atoms with Crippen LogP contribution in [-0.4, -0.2) is 158 Å². The third-order valence-corrected chi connectivity index (χ3v) is 23.0. The van der Waals surface area contributed by atoms with Gasteiger partial charge in [0.1, 0.15) is 11.6 Å². The number of Topliss-reactive ketones (excluding diaryl/α,β-unsaturated/α-hetero) is 4. The first-order chi connectivity index (χ1) is 60.4. The van der Waals surface area contributed by atoms with Crippen LogP contribution in [0.1, 0.15) is 455 Å². The summed E-state index contributed by atoms with van der Waals surface area (Å²) in [6.07, 6.45) is 35.2. The van der Waals surface area contributed by atoms with Gasteiger partial charge in [0, 0.05) is 138 Å². The molecule has 0 bridgehead atoms. The molecular formula is C105H203N11O12. The summed E-state index contributed by atoms with van der Waals surface area (Å²) in [5.74, 6) is 2.72. The molecule has 0 aliphatic rings. The molecule has 0 aliphatic heterocycles. The highest BCUT2D eigenvalue weighted by molar-refractivity contribution is 5.94. The van der Waals surface area contributed by atoms with Crippen molar-refractivity contribution in [3.05, 3.63) is 0 Å². The lowest BCUT2D eigenvalue weighted by Crippen LogP contribution is -2.43. The van der Waals surface area contributed by atoms with Crippen molar-refractivity contribution in [1.29, 1.82) is 0 Å². The molecule has 128 heavy (non-hydrogen) atoms. The van der Waals surface area contributed by atoms with Gasteiger partial charge in [-0.15, -0.1) is 0 Å². The molecule has 0 heterocycles. The minimum Gasteiger partial charge on any atom is -0.356 e. The molecule has 0 spiro atoms. The number of hydrogen-bond donors (Lipinski definition) is 11. The second-order valence-corrected chi connectivity index (χ2v) is 41.5. The van der Waals surface area contributed by atoms with E-state index in [4.69, 9.17) is 0 Å². The summed E-state index contributed by atoms with van der Waals surface area (Å²) in [6.45, 7) is 54.5. The van der Waals surface area contributed by atoms with Crippen molar-refractivity contribution in [2.75, 3.05) is 39.3 Å². The molecule has 0 radical (unpaired) electrons. The number of carbonyl (C=O) groups excluding carboxylic acids is 12. The standard InChI is InChI=1S/C40H76N4O5.C35H68N4O4.C30H59N3O3/c1-30(2)19-9-12-24-37(46)41-27-17-15-22-34(40(49)43-33(7)8)29-36(45)35(44-39(48)26-14-11-21-32(5)6)23-16-18-28-42-38(47)25-13-10-20-31(3)4;1-26(2)17-9-11-21-33(41)37-24-16-14-20-31(39-34(42)22-12-10-18-27(3)4)32(40)25-30(35(43)38-29(7)8)19-13-15-23-36-28(5)6;1-22(2)15-9-10-18-29(35)32-20-14-12-17-27(33-25(7)8)28(34)21-26(30(36)23(3)4)16-11-13-19-31-24(5)6/h30-35H,9-29H2,1-8H3,(H,41,46)(H,42,47)(H,43,49)(H,44,48);26-31,36H,9-25H2,1-8H3,(H,37,41)(H,38,43)(H,39,42);22-27,31,33H,9-21H2,1-8H3,(H,32,35). The van der Waals surface area contributed by atoms with E-state index in [-0.39, 0.29) is 119 Å². The van der Waals surface area contributed by atoms with E-state index in [9.17, 15) is 57.5 Å². The summed E-state index contributed by atoms with van der Waals surface area (Å²) in [5.41, 5.74) is 0. The summed E-state index contributed by atoms with van der Waals surface area (Å²) in [6, 6.07) is -0.473. The van der Waals surface area contributed by atoms with Gasteiger partial charge in [0.25, 0.3) is 0 Å². The Hall–Kier alpha value is -5.68. The molecule has 0 aromatic heterocycles. The van der Waals surface area contributed by atoms with Gasteiger partial charge in [0.05, 0.1) is 18.1 Å². The van der Waals surface area contributed by atoms with Crippen LogP contribution in [0.15, 0.2) is 0 Å². The number of amides is 8. The van der Waals surface area contributed by atoms with Gasteiger partial charge in [-0.05, 0) is 211 Å². The van der Waals surface area contributed by atoms with Crippen molar-refractivity contribution >= 4 is 70.4 Å². The maximum atomic E-state index is 13.7. The van der Waals surface area contributed by atoms with E-state index >= 15 is 0 Å². The van der Waals surface area contributed by atoms with Crippen LogP contribution in [0.5, 0.6) is 0 Å². The quantitative estimate of drug-likeness (QED) is 0.0252. The Morgan fingerprint density at radius 2 is 0.430 bits per heavy atom. The van der Waals surface area contributed by atoms with Crippen LogP contribution >= 0.6 is 0 Å². The van der Waals surface area contributed by atoms with Crippen molar-refractivity contribution in [3.63, 3.8) is 0 Å². The molecule has 0 fully saturated rings. The third-order valence-electron chi connectivity index (χ3n) is 23.0. The second kappa shape index (κ2) is 82.0. The smallest absolute Gasteiger partial charge is 0.223 e. The molecule has 0 aromatic carbocycles. The molecule has 23 heteroatoms. The number of unbranched alkanes of at least 4 members (excludes halogenated alkanes) is 12. The lowest BCUT2D eigenvalue weighted by molar-refractivity contribution is -0.132. The average molecular weight is 1810 g/mol. The molecule has 8 amide bonds. The molecule has 6 atom stereocenters. The van der Waals surface area contributed by atoms with Crippen molar-refractivity contribution in [3.8, 4) is 0 Å². The van der Waals surface area contributed by atoms with E-state index in [0.717, 1.165) is 186 Å². The minimum atomic E-state index is -0.659. The van der Waals surface area contributed by atoms with E-state index in [1.54, 1.807) is 0 Å². The Morgan fingerprint density at radius 1 is 0.203 bits per heavy atom. The first-order valence-corrected chi connectivity index (χ1v) is 52.1. The SMILES string of the molecule is CC(C)CCCCC(=O)NCCCCC(CC(=O)C(CCCCNC(=O)CCCCC(C)C)NC(=O)CCCCC(C)C)C(=O)NC(C)C.CC(C)CCCCC(=O)NCCCCC(NC(=O)CCCCC(C)C)C(=O)CC(CCCCNC(C)C)C(=O)NC(C)C.CC(C)CCCCC(=O)NCCCCC(NC(C)C)C(=O)CC(CCCCNC(C)C)C(=O)C(C)C. The maximum Gasteiger partial charge on any atom is 0.223 e. The predicted octanol–water partition coefficient (Wildman–Crippen LogP) is 20.1. The van der Waals surface area contributed by atoms with Gasteiger partial charge in [0.15, 0.2) is 11.6 Å². The van der Waals surface area contributed by atoms with Crippen LogP contribution in [0.25, 0.3) is 0 Å². The number of nitrogens with one attached hydrogen (secondary N) is 11. The highest BCUT2D eigenvalue weighted by Gasteiger charge is 2.32. The fourth-order valence-corrected chi connectivity index (χ4v) is 15.4. The molecule has 0 saturated heterocycles. The zero-order valence-electron chi connectivity index (χ0n) is 86.9. The van der Waals surface area contributed by atoms with Gasteiger partial charge < -0.3 is 58.5 Å². The van der Waals surface area contributed by atoms with E-state index in [1.807, 2.05) is 41.5 Å². The molecule has 0 rings (SSSR count). The van der Waals surface area contributed by atoms with Gasteiger partial charge in [-0.3, -0.25) is 57.5 Å². The third kappa shape index (κ3) is 82.2. The van der Waals surface area contributed by atoms with Crippen LogP contribution in [0.3, 0.4) is 0 Å². The Labute approximate surface area is 784 Å².